The highest BCUT2D eigenvalue weighted by Crippen LogP contribution is 2.51. The van der Waals surface area contributed by atoms with E-state index in [4.69, 9.17) is 9.84 Å². The van der Waals surface area contributed by atoms with Gasteiger partial charge in [-0.25, -0.2) is 4.79 Å². The van der Waals surface area contributed by atoms with E-state index in [1.165, 1.54) is 6.92 Å². The van der Waals surface area contributed by atoms with Gasteiger partial charge in [0, 0.05) is 11.8 Å². The zero-order valence-corrected chi connectivity index (χ0v) is 11.8. The molecule has 2 heterocycles. The van der Waals surface area contributed by atoms with Gasteiger partial charge >= 0.3 is 13.3 Å². The SMILES string of the molecule is Cc1cn([C@@H]2O[C@H](CO)[C@@H](P(=O)(O)O)[C@H]2O)c(=O)[nH]c1=O. The summed E-state index contributed by atoms with van der Waals surface area (Å²) in [7, 11) is -4.76. The Balaban J connectivity index is 2.48. The molecule has 1 saturated heterocycles. The number of hydrogen-bond donors (Lipinski definition) is 5. The van der Waals surface area contributed by atoms with E-state index < -0.39 is 49.5 Å². The van der Waals surface area contributed by atoms with Crippen LogP contribution in [0.25, 0.3) is 0 Å². The smallest absolute Gasteiger partial charge is 0.334 e. The molecule has 0 bridgehead atoms. The maximum Gasteiger partial charge on any atom is 0.334 e. The molecule has 0 radical (unpaired) electrons. The van der Waals surface area contributed by atoms with Crippen molar-refractivity contribution in [2.45, 2.75) is 31.0 Å². The first-order valence-corrected chi connectivity index (χ1v) is 7.66. The minimum Gasteiger partial charge on any atom is -0.394 e. The van der Waals surface area contributed by atoms with Crippen molar-refractivity contribution in [1.82, 2.24) is 9.55 Å². The Morgan fingerprint density at radius 2 is 2.05 bits per heavy atom. The number of aromatic amines is 1. The molecular weight excluding hydrogens is 307 g/mol. The van der Waals surface area contributed by atoms with Crippen LogP contribution in [0.3, 0.4) is 0 Å². The molecule has 10 nitrogen and oxygen atoms in total. The monoisotopic (exact) mass is 322 g/mol. The number of aliphatic hydroxyl groups excluding tert-OH is 2. The highest BCUT2D eigenvalue weighted by atomic mass is 31.2. The number of hydrogen-bond acceptors (Lipinski definition) is 6. The first-order chi connectivity index (χ1) is 9.66. The molecule has 1 aromatic heterocycles. The van der Waals surface area contributed by atoms with E-state index >= 15 is 0 Å². The summed E-state index contributed by atoms with van der Waals surface area (Å²) in [6.45, 7) is 0.681. The van der Waals surface area contributed by atoms with Crippen molar-refractivity contribution in [2.75, 3.05) is 6.61 Å². The number of aliphatic hydroxyl groups is 2. The van der Waals surface area contributed by atoms with Gasteiger partial charge in [-0.3, -0.25) is 18.9 Å². The Morgan fingerprint density at radius 3 is 2.52 bits per heavy atom. The fourth-order valence-electron chi connectivity index (χ4n) is 2.30. The molecule has 0 spiro atoms. The van der Waals surface area contributed by atoms with E-state index in [0.29, 0.717) is 0 Å². The molecule has 1 aliphatic rings. The van der Waals surface area contributed by atoms with Crippen molar-refractivity contribution >= 4 is 7.60 Å². The fourth-order valence-corrected chi connectivity index (χ4v) is 3.44. The Hall–Kier alpha value is -1.29. The molecule has 5 N–H and O–H groups in total. The highest BCUT2D eigenvalue weighted by molar-refractivity contribution is 7.52. The number of aromatic nitrogens is 2. The third kappa shape index (κ3) is 2.86. The number of aryl methyl sites for hydroxylation is 1. The summed E-state index contributed by atoms with van der Waals surface area (Å²) in [4.78, 5) is 43.5. The fraction of sp³-hybridized carbons (Fsp3) is 0.600. The summed E-state index contributed by atoms with van der Waals surface area (Å²) in [5.41, 5.74) is -3.01. The molecule has 0 saturated carbocycles. The maximum absolute atomic E-state index is 11.7. The van der Waals surface area contributed by atoms with E-state index in [-0.39, 0.29) is 5.56 Å². The van der Waals surface area contributed by atoms with Crippen molar-refractivity contribution in [3.63, 3.8) is 0 Å². The Bertz CT molecular complexity index is 691. The van der Waals surface area contributed by atoms with Gasteiger partial charge in [0.05, 0.1) is 6.61 Å². The van der Waals surface area contributed by atoms with Crippen LogP contribution < -0.4 is 11.2 Å². The minimum absolute atomic E-state index is 0.158. The highest BCUT2D eigenvalue weighted by Gasteiger charge is 2.53. The van der Waals surface area contributed by atoms with Crippen LogP contribution in [0.4, 0.5) is 0 Å². The topological polar surface area (TPSA) is 162 Å². The second-order valence-corrected chi connectivity index (χ2v) is 6.57. The average Bonchev–Trinajstić information content (AvgIpc) is 2.70. The van der Waals surface area contributed by atoms with Crippen LogP contribution in [0.15, 0.2) is 15.8 Å². The Labute approximate surface area is 117 Å². The largest absolute Gasteiger partial charge is 0.394 e. The van der Waals surface area contributed by atoms with Gasteiger partial charge in [0.1, 0.15) is 17.9 Å². The molecule has 2 rings (SSSR count). The van der Waals surface area contributed by atoms with Gasteiger partial charge in [-0.1, -0.05) is 0 Å². The lowest BCUT2D eigenvalue weighted by Gasteiger charge is -2.20. The lowest BCUT2D eigenvalue weighted by atomic mass is 10.2. The standard InChI is InChI=1S/C10H15N2O8P/c1-4-2-12(10(16)11-8(4)15)9-6(14)7(21(17,18)19)5(3-13)20-9/h2,5-7,9,13-14H,3H2,1H3,(H,11,15,16)(H2,17,18,19)/t5-,6-,7-,9-/m1/s1. The van der Waals surface area contributed by atoms with Crippen LogP contribution in [0, 0.1) is 6.92 Å². The normalized spacial score (nSPS) is 29.8. The van der Waals surface area contributed by atoms with Gasteiger partial charge in [0.15, 0.2) is 6.23 Å². The summed E-state index contributed by atoms with van der Waals surface area (Å²) < 4.78 is 17.4. The summed E-state index contributed by atoms with van der Waals surface area (Å²) in [5.74, 6) is 0. The van der Waals surface area contributed by atoms with E-state index in [2.05, 4.69) is 0 Å². The lowest BCUT2D eigenvalue weighted by Crippen LogP contribution is -2.38. The minimum atomic E-state index is -4.76. The molecule has 21 heavy (non-hydrogen) atoms. The van der Waals surface area contributed by atoms with Gasteiger partial charge in [-0.2, -0.15) is 0 Å². The molecule has 1 aliphatic heterocycles. The van der Waals surface area contributed by atoms with Crippen LogP contribution in [-0.4, -0.2) is 54.0 Å². The van der Waals surface area contributed by atoms with Gasteiger partial charge in [0.2, 0.25) is 0 Å². The third-order valence-electron chi connectivity index (χ3n) is 3.33. The first kappa shape index (κ1) is 16.1. The molecular formula is C10H15N2O8P. The molecule has 118 valence electrons. The molecule has 1 aromatic rings. The molecule has 4 atom stereocenters. The molecule has 1 fully saturated rings. The summed E-state index contributed by atoms with van der Waals surface area (Å²) in [5, 5.41) is 19.2. The van der Waals surface area contributed by atoms with E-state index in [1.54, 1.807) is 0 Å². The Kier molecular flexibility index (Phi) is 4.20. The van der Waals surface area contributed by atoms with Crippen LogP contribution in [0.5, 0.6) is 0 Å². The van der Waals surface area contributed by atoms with Crippen LogP contribution >= 0.6 is 7.60 Å². The number of ether oxygens (including phenoxy) is 1. The predicted molar refractivity (Wildman–Crippen MR) is 68.9 cm³/mol. The number of nitrogens with one attached hydrogen (secondary N) is 1. The van der Waals surface area contributed by atoms with Crippen LogP contribution in [0.2, 0.25) is 0 Å². The summed E-state index contributed by atoms with van der Waals surface area (Å²) in [6, 6.07) is 0. The van der Waals surface area contributed by atoms with Crippen molar-refractivity contribution < 1.29 is 29.3 Å². The zero-order chi connectivity index (χ0) is 15.9. The molecule has 0 unspecified atom stereocenters. The lowest BCUT2D eigenvalue weighted by molar-refractivity contribution is -0.0531. The van der Waals surface area contributed by atoms with Crippen molar-refractivity contribution in [1.29, 1.82) is 0 Å². The number of rotatable bonds is 3. The number of H-pyrrole nitrogens is 1. The van der Waals surface area contributed by atoms with Gasteiger partial charge in [-0.05, 0) is 6.92 Å². The molecule has 0 amide bonds. The van der Waals surface area contributed by atoms with E-state index in [0.717, 1.165) is 10.8 Å². The second kappa shape index (κ2) is 5.48. The molecule has 0 aliphatic carbocycles. The van der Waals surface area contributed by atoms with E-state index in [9.17, 15) is 29.0 Å². The van der Waals surface area contributed by atoms with Crippen molar-refractivity contribution in [3.8, 4) is 0 Å². The van der Waals surface area contributed by atoms with Gasteiger partial charge in [0.25, 0.3) is 5.56 Å². The average molecular weight is 322 g/mol. The van der Waals surface area contributed by atoms with Gasteiger partial charge < -0.3 is 24.7 Å². The van der Waals surface area contributed by atoms with Crippen molar-refractivity contribution in [2.24, 2.45) is 0 Å². The third-order valence-corrected chi connectivity index (χ3v) is 4.74. The van der Waals surface area contributed by atoms with E-state index in [1.807, 2.05) is 4.98 Å². The predicted octanol–water partition coefficient (Wildman–Crippen LogP) is -2.36. The summed E-state index contributed by atoms with van der Waals surface area (Å²) >= 11 is 0. The number of nitrogens with zero attached hydrogens (tertiary/aromatic N) is 1. The quantitative estimate of drug-likeness (QED) is 0.386. The Morgan fingerprint density at radius 1 is 1.43 bits per heavy atom. The second-order valence-electron chi connectivity index (χ2n) is 4.80. The molecule has 11 heteroatoms. The molecule has 0 aromatic carbocycles. The maximum atomic E-state index is 11.7. The van der Waals surface area contributed by atoms with Crippen LogP contribution in [0.1, 0.15) is 11.8 Å². The first-order valence-electron chi connectivity index (χ1n) is 5.98. The van der Waals surface area contributed by atoms with Crippen molar-refractivity contribution in [3.05, 3.63) is 32.6 Å². The summed E-state index contributed by atoms with van der Waals surface area (Å²) in [6.07, 6.45) is -3.34. The van der Waals surface area contributed by atoms with Crippen LogP contribution in [-0.2, 0) is 9.30 Å². The van der Waals surface area contributed by atoms with Gasteiger partial charge in [-0.15, -0.1) is 0 Å². The zero-order valence-electron chi connectivity index (χ0n) is 10.9.